The lowest BCUT2D eigenvalue weighted by molar-refractivity contribution is -0.113. The van der Waals surface area contributed by atoms with Crippen molar-refractivity contribution in [2.45, 2.75) is 0 Å². The molecule has 29 heavy (non-hydrogen) atoms. The number of anilines is 1. The average Bonchev–Trinajstić information content (AvgIpc) is 3.05. The monoisotopic (exact) mass is 450 g/mol. The number of carbonyl (C=O) groups excluding carboxylic acids is 1. The lowest BCUT2D eigenvalue weighted by atomic mass is 10.1. The number of halogens is 2. The fraction of sp³-hybridized carbons (Fsp3) is 0.0435. The summed E-state index contributed by atoms with van der Waals surface area (Å²) in [5, 5.41) is 0. The molecule has 4 rings (SSSR count). The first-order valence-corrected chi connectivity index (χ1v) is 9.65. The van der Waals surface area contributed by atoms with E-state index in [1.807, 2.05) is 48.5 Å². The topological polar surface area (TPSA) is 41.9 Å². The number of rotatable bonds is 4. The zero-order valence-electron chi connectivity index (χ0n) is 15.5. The number of hydrogen-bond acceptors (Lipinski definition) is 3. The maximum absolute atomic E-state index is 13.3. The number of methoxy groups -OCH3 is 1. The third-order valence-electron chi connectivity index (χ3n) is 4.45. The van der Waals surface area contributed by atoms with Gasteiger partial charge in [-0.3, -0.25) is 9.69 Å². The van der Waals surface area contributed by atoms with Crippen LogP contribution in [0, 0.1) is 5.82 Å². The Bertz CT molecular complexity index is 1140. The van der Waals surface area contributed by atoms with Crippen LogP contribution in [0.5, 0.6) is 5.75 Å². The van der Waals surface area contributed by atoms with E-state index in [2.05, 4.69) is 20.9 Å². The van der Waals surface area contributed by atoms with Gasteiger partial charge in [0.2, 0.25) is 0 Å². The van der Waals surface area contributed by atoms with E-state index in [1.54, 1.807) is 30.2 Å². The molecule has 3 aromatic carbocycles. The van der Waals surface area contributed by atoms with Crippen LogP contribution in [0.2, 0.25) is 0 Å². The Morgan fingerprint density at radius 3 is 2.52 bits per heavy atom. The summed E-state index contributed by atoms with van der Waals surface area (Å²) in [4.78, 5) is 19.5. The molecular weight excluding hydrogens is 435 g/mol. The van der Waals surface area contributed by atoms with Gasteiger partial charge in [-0.15, -0.1) is 0 Å². The van der Waals surface area contributed by atoms with Crippen molar-refractivity contribution in [3.63, 3.8) is 0 Å². The molecule has 1 aliphatic rings. The van der Waals surface area contributed by atoms with Gasteiger partial charge in [-0.1, -0.05) is 46.3 Å². The fourth-order valence-electron chi connectivity index (χ4n) is 3.10. The minimum atomic E-state index is -0.334. The van der Waals surface area contributed by atoms with Gasteiger partial charge >= 0.3 is 0 Å². The molecule has 0 fully saturated rings. The van der Waals surface area contributed by atoms with Crippen LogP contribution < -0.4 is 9.64 Å². The molecule has 6 heteroatoms. The van der Waals surface area contributed by atoms with E-state index in [0.717, 1.165) is 4.47 Å². The van der Waals surface area contributed by atoms with Gasteiger partial charge in [0.15, 0.2) is 5.84 Å². The molecule has 0 aliphatic carbocycles. The summed E-state index contributed by atoms with van der Waals surface area (Å²) in [6.07, 6.45) is 1.65. The molecule has 0 radical (unpaired) electrons. The molecule has 0 aromatic heterocycles. The molecule has 0 saturated heterocycles. The van der Waals surface area contributed by atoms with Gasteiger partial charge in [0, 0.05) is 4.47 Å². The van der Waals surface area contributed by atoms with Crippen LogP contribution in [0.1, 0.15) is 11.1 Å². The summed E-state index contributed by atoms with van der Waals surface area (Å²) in [7, 11) is 1.58. The zero-order valence-corrected chi connectivity index (χ0v) is 17.1. The number of ether oxygens (including phenoxy) is 1. The third kappa shape index (κ3) is 3.84. The first-order chi connectivity index (χ1) is 14.1. The van der Waals surface area contributed by atoms with Gasteiger partial charge in [-0.25, -0.2) is 9.38 Å². The van der Waals surface area contributed by atoms with Gasteiger partial charge in [-0.05, 0) is 54.1 Å². The Balaban J connectivity index is 1.86. The normalized spacial score (nSPS) is 15.0. The third-order valence-corrected chi connectivity index (χ3v) is 4.94. The van der Waals surface area contributed by atoms with Crippen LogP contribution in [0.25, 0.3) is 6.08 Å². The van der Waals surface area contributed by atoms with Crippen LogP contribution in [-0.4, -0.2) is 18.9 Å². The van der Waals surface area contributed by atoms with Gasteiger partial charge in [0.1, 0.15) is 17.3 Å². The summed E-state index contributed by atoms with van der Waals surface area (Å²) < 4.78 is 19.5. The minimum absolute atomic E-state index is 0.262. The molecule has 0 bridgehead atoms. The average molecular weight is 451 g/mol. The molecule has 1 amide bonds. The number of amides is 1. The highest BCUT2D eigenvalue weighted by atomic mass is 79.9. The molecule has 0 spiro atoms. The molecule has 1 aliphatic heterocycles. The van der Waals surface area contributed by atoms with E-state index < -0.39 is 0 Å². The van der Waals surface area contributed by atoms with E-state index in [9.17, 15) is 9.18 Å². The Morgan fingerprint density at radius 1 is 1.03 bits per heavy atom. The molecule has 3 aromatic rings. The standard InChI is InChI=1S/C23H16BrFN2O2/c1-29-21-8-3-2-7-19(21)22-26-20(13-15-9-11-17(25)12-10-15)23(28)27(22)18-6-4-5-16(24)14-18/h2-14H,1H3/b20-13+. The van der Waals surface area contributed by atoms with Crippen LogP contribution in [0.3, 0.4) is 0 Å². The Morgan fingerprint density at radius 2 is 1.79 bits per heavy atom. The van der Waals surface area contributed by atoms with Crippen molar-refractivity contribution >= 4 is 39.4 Å². The molecule has 0 saturated carbocycles. The number of nitrogens with zero attached hydrogens (tertiary/aromatic N) is 2. The smallest absolute Gasteiger partial charge is 0.282 e. The van der Waals surface area contributed by atoms with Crippen molar-refractivity contribution in [3.8, 4) is 5.75 Å². The van der Waals surface area contributed by atoms with Crippen molar-refractivity contribution in [2.24, 2.45) is 4.99 Å². The predicted molar refractivity (Wildman–Crippen MR) is 116 cm³/mol. The lowest BCUT2D eigenvalue weighted by Crippen LogP contribution is -2.32. The number of hydrogen-bond donors (Lipinski definition) is 0. The van der Waals surface area contributed by atoms with E-state index in [-0.39, 0.29) is 17.4 Å². The largest absolute Gasteiger partial charge is 0.496 e. The second kappa shape index (κ2) is 8.01. The molecule has 0 N–H and O–H groups in total. The van der Waals surface area contributed by atoms with Crippen molar-refractivity contribution in [2.75, 3.05) is 12.0 Å². The van der Waals surface area contributed by atoms with Crippen molar-refractivity contribution < 1.29 is 13.9 Å². The summed E-state index contributed by atoms with van der Waals surface area (Å²) in [5.74, 6) is 0.480. The Hall–Kier alpha value is -3.25. The number of aliphatic imine (C=N–C) groups is 1. The highest BCUT2D eigenvalue weighted by Gasteiger charge is 2.33. The van der Waals surface area contributed by atoms with Crippen LogP contribution in [-0.2, 0) is 4.79 Å². The summed E-state index contributed by atoms with van der Waals surface area (Å²) in [5.41, 5.74) is 2.33. The number of benzene rings is 3. The molecule has 0 atom stereocenters. The van der Waals surface area contributed by atoms with Gasteiger partial charge in [-0.2, -0.15) is 0 Å². The molecular formula is C23H16BrFN2O2. The quantitative estimate of drug-likeness (QED) is 0.497. The molecule has 1 heterocycles. The summed E-state index contributed by atoms with van der Waals surface area (Å²) in [6.45, 7) is 0. The first-order valence-electron chi connectivity index (χ1n) is 8.86. The number of amidine groups is 1. The van der Waals surface area contributed by atoms with Gasteiger partial charge in [0.25, 0.3) is 5.91 Å². The molecule has 0 unspecified atom stereocenters. The number of para-hydroxylation sites is 1. The first kappa shape index (κ1) is 19.1. The zero-order chi connectivity index (χ0) is 20.4. The van der Waals surface area contributed by atoms with Crippen LogP contribution in [0.15, 0.2) is 88.0 Å². The number of carbonyl (C=O) groups is 1. The van der Waals surface area contributed by atoms with Gasteiger partial charge in [0.05, 0.1) is 18.4 Å². The van der Waals surface area contributed by atoms with E-state index in [0.29, 0.717) is 28.4 Å². The maximum Gasteiger partial charge on any atom is 0.282 e. The van der Waals surface area contributed by atoms with Crippen LogP contribution >= 0.6 is 15.9 Å². The summed E-state index contributed by atoms with van der Waals surface area (Å²) in [6, 6.07) is 20.8. The van der Waals surface area contributed by atoms with E-state index >= 15 is 0 Å². The van der Waals surface area contributed by atoms with Crippen molar-refractivity contribution in [3.05, 3.63) is 99.9 Å². The molecule has 144 valence electrons. The van der Waals surface area contributed by atoms with E-state index in [1.165, 1.54) is 12.1 Å². The lowest BCUT2D eigenvalue weighted by Gasteiger charge is -2.20. The highest BCUT2D eigenvalue weighted by molar-refractivity contribution is 9.10. The Kier molecular flexibility index (Phi) is 5.27. The SMILES string of the molecule is COc1ccccc1C1=N/C(=C/c2ccc(F)cc2)C(=O)N1c1cccc(Br)c1. The highest BCUT2D eigenvalue weighted by Crippen LogP contribution is 2.32. The maximum atomic E-state index is 13.3. The van der Waals surface area contributed by atoms with Crippen molar-refractivity contribution in [1.29, 1.82) is 0 Å². The van der Waals surface area contributed by atoms with E-state index in [4.69, 9.17) is 4.74 Å². The van der Waals surface area contributed by atoms with Gasteiger partial charge < -0.3 is 4.74 Å². The second-order valence-corrected chi connectivity index (χ2v) is 7.25. The minimum Gasteiger partial charge on any atom is -0.496 e. The second-order valence-electron chi connectivity index (χ2n) is 6.34. The summed E-state index contributed by atoms with van der Waals surface area (Å²) >= 11 is 3.46. The predicted octanol–water partition coefficient (Wildman–Crippen LogP) is 5.43. The van der Waals surface area contributed by atoms with Crippen molar-refractivity contribution in [1.82, 2.24) is 0 Å². The van der Waals surface area contributed by atoms with Crippen LogP contribution in [0.4, 0.5) is 10.1 Å². The molecule has 4 nitrogen and oxygen atoms in total. The fourth-order valence-corrected chi connectivity index (χ4v) is 3.49. The Labute approximate surface area is 176 Å².